The number of amides is 1. The molecule has 1 aromatic carbocycles. The van der Waals surface area contributed by atoms with E-state index in [1.165, 1.54) is 17.0 Å². The van der Waals surface area contributed by atoms with Crippen molar-refractivity contribution in [1.29, 1.82) is 0 Å². The molecule has 196 valence electrons. The number of nitrogens with one attached hydrogen (secondary N) is 1. The molecule has 6 rings (SSSR count). The molecule has 1 unspecified atom stereocenters. The lowest BCUT2D eigenvalue weighted by atomic mass is 10.1. The van der Waals surface area contributed by atoms with Gasteiger partial charge < -0.3 is 18.9 Å². The topological polar surface area (TPSA) is 81.5 Å². The fourth-order valence-corrected chi connectivity index (χ4v) is 5.94. The molecule has 1 N–H and O–H groups in total. The van der Waals surface area contributed by atoms with Gasteiger partial charge in [0.2, 0.25) is 0 Å². The Kier molecular flexibility index (Phi) is 7.37. The van der Waals surface area contributed by atoms with Crippen LogP contribution >= 0.6 is 11.3 Å². The minimum absolute atomic E-state index is 0.159. The molecule has 3 aromatic heterocycles. The molecule has 1 amide bonds. The van der Waals surface area contributed by atoms with Gasteiger partial charge in [0.1, 0.15) is 17.5 Å². The zero-order valence-electron chi connectivity index (χ0n) is 21.2. The van der Waals surface area contributed by atoms with E-state index >= 15 is 0 Å². The van der Waals surface area contributed by atoms with Crippen LogP contribution in [0.15, 0.2) is 72.5 Å². The number of hydrogen-bond acceptors (Lipinski definition) is 7. The Morgan fingerprint density at radius 2 is 1.89 bits per heavy atom. The van der Waals surface area contributed by atoms with E-state index in [1.807, 2.05) is 35.0 Å². The molecule has 0 bridgehead atoms. The first-order valence-corrected chi connectivity index (χ1v) is 14.0. The lowest BCUT2D eigenvalue weighted by molar-refractivity contribution is 0.0256. The van der Waals surface area contributed by atoms with Crippen LogP contribution in [-0.4, -0.2) is 46.3 Å². The number of nitrogens with zero attached hydrogens (tertiary/aromatic N) is 4. The number of thiazole rings is 1. The van der Waals surface area contributed by atoms with Gasteiger partial charge in [-0.3, -0.25) is 15.1 Å². The average Bonchev–Trinajstić information content (AvgIpc) is 3.72. The highest BCUT2D eigenvalue weighted by molar-refractivity contribution is 7.14. The van der Waals surface area contributed by atoms with Gasteiger partial charge in [-0.25, -0.2) is 4.98 Å². The lowest BCUT2D eigenvalue weighted by Gasteiger charge is -2.27. The Morgan fingerprint density at radius 1 is 1.08 bits per heavy atom. The van der Waals surface area contributed by atoms with E-state index in [-0.39, 0.29) is 18.1 Å². The second-order valence-electron chi connectivity index (χ2n) is 9.68. The number of carbonyl (C=O) groups is 1. The Bertz CT molecular complexity index is 1350. The van der Waals surface area contributed by atoms with Gasteiger partial charge in [-0.2, -0.15) is 0 Å². The second-order valence-corrected chi connectivity index (χ2v) is 10.5. The average molecular weight is 530 g/mol. The van der Waals surface area contributed by atoms with Crippen LogP contribution in [-0.2, 0) is 11.3 Å². The number of rotatable bonds is 8. The van der Waals surface area contributed by atoms with Crippen molar-refractivity contribution in [1.82, 2.24) is 14.5 Å². The van der Waals surface area contributed by atoms with Crippen molar-refractivity contribution in [3.63, 3.8) is 0 Å². The van der Waals surface area contributed by atoms with Crippen molar-refractivity contribution in [2.45, 2.75) is 44.4 Å². The highest BCUT2D eigenvalue weighted by Crippen LogP contribution is 2.38. The van der Waals surface area contributed by atoms with Crippen LogP contribution in [0, 0.1) is 0 Å². The minimum Gasteiger partial charge on any atom is -0.490 e. The largest absolute Gasteiger partial charge is 0.490 e. The number of aromatic nitrogens is 3. The van der Waals surface area contributed by atoms with E-state index in [9.17, 15) is 4.79 Å². The van der Waals surface area contributed by atoms with Gasteiger partial charge in [-0.15, -0.1) is 11.3 Å². The van der Waals surface area contributed by atoms with Crippen LogP contribution in [0.4, 0.5) is 10.8 Å². The molecule has 38 heavy (non-hydrogen) atoms. The molecule has 1 atom stereocenters. The van der Waals surface area contributed by atoms with Gasteiger partial charge in [-0.05, 0) is 66.9 Å². The Hall–Kier alpha value is -3.69. The van der Waals surface area contributed by atoms with Gasteiger partial charge in [-0.1, -0.05) is 0 Å². The van der Waals surface area contributed by atoms with Crippen LogP contribution in [0.5, 0.6) is 5.75 Å². The SMILES string of the molecule is O=C(Nc1nc(C2CCCN2c2ccc(OC3CCOCC3)cc2)cs1)c1cccn1Cc1ccncc1. The van der Waals surface area contributed by atoms with E-state index in [0.717, 1.165) is 62.4 Å². The molecule has 2 fully saturated rings. The van der Waals surface area contributed by atoms with Crippen LogP contribution in [0.1, 0.15) is 53.5 Å². The fraction of sp³-hybridized carbons (Fsp3) is 0.345. The molecule has 0 spiro atoms. The van der Waals surface area contributed by atoms with Gasteiger partial charge in [0.25, 0.3) is 5.91 Å². The van der Waals surface area contributed by atoms with E-state index in [4.69, 9.17) is 14.5 Å². The molecule has 5 heterocycles. The highest BCUT2D eigenvalue weighted by Gasteiger charge is 2.29. The van der Waals surface area contributed by atoms with Gasteiger partial charge in [0, 0.05) is 55.6 Å². The summed E-state index contributed by atoms with van der Waals surface area (Å²) in [4.78, 5) is 24.4. The first kappa shape index (κ1) is 24.6. The third-order valence-corrected chi connectivity index (χ3v) is 7.92. The van der Waals surface area contributed by atoms with Crippen molar-refractivity contribution in [2.75, 3.05) is 30.0 Å². The minimum atomic E-state index is -0.159. The maximum atomic E-state index is 13.1. The Morgan fingerprint density at radius 3 is 2.71 bits per heavy atom. The number of benzene rings is 1. The van der Waals surface area contributed by atoms with Crippen molar-refractivity contribution < 1.29 is 14.3 Å². The summed E-state index contributed by atoms with van der Waals surface area (Å²) in [7, 11) is 0. The fourth-order valence-electron chi connectivity index (χ4n) is 5.19. The molecule has 0 radical (unpaired) electrons. The van der Waals surface area contributed by atoms with Gasteiger partial charge in [0.15, 0.2) is 5.13 Å². The number of hydrogen-bond donors (Lipinski definition) is 1. The van der Waals surface area contributed by atoms with Gasteiger partial charge >= 0.3 is 0 Å². The zero-order chi connectivity index (χ0) is 25.7. The number of anilines is 2. The van der Waals surface area contributed by atoms with Crippen molar-refractivity contribution in [3.8, 4) is 5.75 Å². The second kappa shape index (κ2) is 11.4. The predicted molar refractivity (Wildman–Crippen MR) is 148 cm³/mol. The molecule has 0 aliphatic carbocycles. The molecule has 9 heteroatoms. The predicted octanol–water partition coefficient (Wildman–Crippen LogP) is 5.54. The van der Waals surface area contributed by atoms with Crippen LogP contribution in [0.25, 0.3) is 0 Å². The molecule has 0 saturated carbocycles. The summed E-state index contributed by atoms with van der Waals surface area (Å²) in [5, 5.41) is 5.69. The zero-order valence-corrected chi connectivity index (χ0v) is 22.0. The third kappa shape index (κ3) is 5.58. The maximum absolute atomic E-state index is 13.1. The summed E-state index contributed by atoms with van der Waals surface area (Å²) in [6, 6.07) is 16.2. The summed E-state index contributed by atoms with van der Waals surface area (Å²) in [6.45, 7) is 3.13. The molecule has 8 nitrogen and oxygen atoms in total. The molecular weight excluding hydrogens is 498 g/mol. The third-order valence-electron chi connectivity index (χ3n) is 7.14. The molecule has 2 saturated heterocycles. The first-order valence-electron chi connectivity index (χ1n) is 13.1. The number of pyridine rings is 1. The standard InChI is InChI=1S/C29H31N5O3S/c35-28(27-4-1-15-33(27)19-21-9-13-30-14-10-21)32-29-31-25(20-38-29)26-3-2-16-34(26)22-5-7-23(8-6-22)37-24-11-17-36-18-12-24/h1,4-10,13-15,20,24,26H,2-3,11-12,16-19H2,(H,31,32,35). The summed E-state index contributed by atoms with van der Waals surface area (Å²) in [6.07, 6.45) is 9.69. The van der Waals surface area contributed by atoms with Crippen molar-refractivity contribution in [3.05, 3.63) is 89.5 Å². The Labute approximate surface area is 226 Å². The molecule has 2 aliphatic heterocycles. The summed E-state index contributed by atoms with van der Waals surface area (Å²) >= 11 is 1.47. The maximum Gasteiger partial charge on any atom is 0.274 e. The number of carbonyl (C=O) groups excluding carboxylic acids is 1. The van der Waals surface area contributed by atoms with Crippen molar-refractivity contribution >= 4 is 28.1 Å². The monoisotopic (exact) mass is 529 g/mol. The van der Waals surface area contributed by atoms with Gasteiger partial charge in [0.05, 0.1) is 24.9 Å². The van der Waals surface area contributed by atoms with Crippen LogP contribution in [0.2, 0.25) is 0 Å². The highest BCUT2D eigenvalue weighted by atomic mass is 32.1. The van der Waals surface area contributed by atoms with Crippen molar-refractivity contribution in [2.24, 2.45) is 0 Å². The van der Waals surface area contributed by atoms with E-state index < -0.39 is 0 Å². The normalized spacial score (nSPS) is 18.0. The smallest absolute Gasteiger partial charge is 0.274 e. The summed E-state index contributed by atoms with van der Waals surface area (Å²) in [5.74, 6) is 0.747. The van der Waals surface area contributed by atoms with Crippen LogP contribution < -0.4 is 15.0 Å². The van der Waals surface area contributed by atoms with Crippen LogP contribution in [0.3, 0.4) is 0 Å². The summed E-state index contributed by atoms with van der Waals surface area (Å²) in [5.41, 5.74) is 3.85. The lowest BCUT2D eigenvalue weighted by Crippen LogP contribution is -2.26. The first-order chi connectivity index (χ1) is 18.7. The molecule has 4 aromatic rings. The van der Waals surface area contributed by atoms with E-state index in [0.29, 0.717) is 17.4 Å². The van der Waals surface area contributed by atoms with E-state index in [1.54, 1.807) is 12.4 Å². The Balaban J connectivity index is 1.10. The summed E-state index contributed by atoms with van der Waals surface area (Å²) < 4.78 is 13.5. The van der Waals surface area contributed by atoms with E-state index in [2.05, 4.69) is 44.8 Å². The molecule has 2 aliphatic rings. The quantitative estimate of drug-likeness (QED) is 0.323. The molecular formula is C29H31N5O3S. The number of ether oxygens (including phenoxy) is 2.